The molecule has 7 nitrogen and oxygen atoms in total. The number of benzene rings is 1. The second-order valence-corrected chi connectivity index (χ2v) is 4.36. The molecule has 0 radical (unpaired) electrons. The van der Waals surface area contributed by atoms with Gasteiger partial charge in [0, 0.05) is 18.8 Å². The number of hydrogen-bond acceptors (Lipinski definition) is 4. The maximum Gasteiger partial charge on any atom is 0.287 e. The van der Waals surface area contributed by atoms with E-state index in [1.54, 1.807) is 31.3 Å². The molecule has 0 unspecified atom stereocenters. The van der Waals surface area contributed by atoms with E-state index < -0.39 is 10.8 Å². The van der Waals surface area contributed by atoms with Gasteiger partial charge in [-0.25, -0.2) is 0 Å². The summed E-state index contributed by atoms with van der Waals surface area (Å²) in [5.74, 6) is 0.305. The highest BCUT2D eigenvalue weighted by atomic mass is 16.6. The number of aromatic nitrogens is 1. The minimum atomic E-state index is -0.534. The summed E-state index contributed by atoms with van der Waals surface area (Å²) in [6.45, 7) is 2.46. The van der Waals surface area contributed by atoms with Gasteiger partial charge in [0.1, 0.15) is 11.4 Å². The number of hydrogen-bond donors (Lipinski definition) is 1. The SMILES string of the molecule is CCOc1ccc(NC(=O)c2cc([N+](=O)[O-])cn2C)cc1. The van der Waals surface area contributed by atoms with E-state index in [-0.39, 0.29) is 11.4 Å². The fraction of sp³-hybridized carbons (Fsp3) is 0.214. The first-order valence-corrected chi connectivity index (χ1v) is 6.36. The summed E-state index contributed by atoms with van der Waals surface area (Å²) in [7, 11) is 1.58. The van der Waals surface area contributed by atoms with Gasteiger partial charge in [-0.05, 0) is 31.2 Å². The van der Waals surface area contributed by atoms with Crippen LogP contribution in [-0.4, -0.2) is 22.0 Å². The first-order chi connectivity index (χ1) is 10.0. The lowest BCUT2D eigenvalue weighted by molar-refractivity contribution is -0.384. The van der Waals surface area contributed by atoms with Crippen molar-refractivity contribution in [3.8, 4) is 5.75 Å². The Bertz CT molecular complexity index is 661. The van der Waals surface area contributed by atoms with Gasteiger partial charge in [-0.3, -0.25) is 14.9 Å². The normalized spacial score (nSPS) is 10.2. The van der Waals surface area contributed by atoms with Crippen molar-refractivity contribution in [3.63, 3.8) is 0 Å². The van der Waals surface area contributed by atoms with Crippen molar-refractivity contribution < 1.29 is 14.5 Å². The largest absolute Gasteiger partial charge is 0.494 e. The number of ether oxygens (including phenoxy) is 1. The van der Waals surface area contributed by atoms with Gasteiger partial charge < -0.3 is 14.6 Å². The average molecular weight is 289 g/mol. The van der Waals surface area contributed by atoms with Gasteiger partial charge in [0.05, 0.1) is 17.7 Å². The van der Waals surface area contributed by atoms with Gasteiger partial charge in [-0.2, -0.15) is 0 Å². The van der Waals surface area contributed by atoms with Gasteiger partial charge >= 0.3 is 0 Å². The topological polar surface area (TPSA) is 86.4 Å². The van der Waals surface area contributed by atoms with E-state index in [0.717, 1.165) is 0 Å². The molecule has 0 saturated carbocycles. The van der Waals surface area contributed by atoms with Crippen LogP contribution < -0.4 is 10.1 Å². The Morgan fingerprint density at radius 1 is 1.38 bits per heavy atom. The molecule has 0 bridgehead atoms. The van der Waals surface area contributed by atoms with Crippen molar-refractivity contribution >= 4 is 17.3 Å². The van der Waals surface area contributed by atoms with Crippen molar-refractivity contribution in [2.24, 2.45) is 7.05 Å². The van der Waals surface area contributed by atoms with Crippen molar-refractivity contribution in [2.45, 2.75) is 6.92 Å². The van der Waals surface area contributed by atoms with Crippen LogP contribution in [0.25, 0.3) is 0 Å². The molecule has 1 heterocycles. The highest BCUT2D eigenvalue weighted by Gasteiger charge is 2.17. The lowest BCUT2D eigenvalue weighted by Gasteiger charge is -2.07. The number of nitrogens with zero attached hydrogens (tertiary/aromatic N) is 2. The molecule has 2 aromatic rings. The number of anilines is 1. The minimum Gasteiger partial charge on any atom is -0.494 e. The van der Waals surface area contributed by atoms with Crippen LogP contribution in [0.3, 0.4) is 0 Å². The molecule has 1 aromatic carbocycles. The van der Waals surface area contributed by atoms with Crippen molar-refractivity contribution in [2.75, 3.05) is 11.9 Å². The van der Waals surface area contributed by atoms with Crippen LogP contribution in [0.2, 0.25) is 0 Å². The minimum absolute atomic E-state index is 0.116. The molecule has 1 amide bonds. The number of carbonyl (C=O) groups excluding carboxylic acids is 1. The Morgan fingerprint density at radius 2 is 2.05 bits per heavy atom. The molecule has 110 valence electrons. The number of aryl methyl sites for hydroxylation is 1. The van der Waals surface area contributed by atoms with E-state index in [2.05, 4.69) is 5.32 Å². The van der Waals surface area contributed by atoms with Crippen molar-refractivity contribution in [3.05, 3.63) is 52.3 Å². The van der Waals surface area contributed by atoms with Gasteiger partial charge in [-0.1, -0.05) is 0 Å². The lowest BCUT2D eigenvalue weighted by Crippen LogP contribution is -2.15. The molecule has 0 atom stereocenters. The third-order valence-corrected chi connectivity index (χ3v) is 2.86. The fourth-order valence-electron chi connectivity index (χ4n) is 1.87. The van der Waals surface area contributed by atoms with Crippen LogP contribution in [0.15, 0.2) is 36.5 Å². The second kappa shape index (κ2) is 6.08. The van der Waals surface area contributed by atoms with Crippen molar-refractivity contribution in [1.29, 1.82) is 0 Å². The van der Waals surface area contributed by atoms with Crippen LogP contribution in [0.5, 0.6) is 5.75 Å². The molecular formula is C14H15N3O4. The van der Waals surface area contributed by atoms with E-state index in [0.29, 0.717) is 18.0 Å². The molecule has 0 aliphatic rings. The van der Waals surface area contributed by atoms with Crippen LogP contribution in [0.4, 0.5) is 11.4 Å². The molecule has 0 aliphatic heterocycles. The maximum atomic E-state index is 12.1. The first-order valence-electron chi connectivity index (χ1n) is 6.36. The highest BCUT2D eigenvalue weighted by Crippen LogP contribution is 2.19. The van der Waals surface area contributed by atoms with Crippen LogP contribution in [0.1, 0.15) is 17.4 Å². The molecular weight excluding hydrogens is 274 g/mol. The summed E-state index contributed by atoms with van der Waals surface area (Å²) < 4.78 is 6.73. The summed E-state index contributed by atoms with van der Waals surface area (Å²) in [4.78, 5) is 22.3. The van der Waals surface area contributed by atoms with Gasteiger partial charge in [0.25, 0.3) is 11.6 Å². The van der Waals surface area contributed by atoms with E-state index in [1.807, 2.05) is 6.92 Å². The Hall–Kier alpha value is -2.83. The molecule has 0 fully saturated rings. The Balaban J connectivity index is 2.12. The molecule has 0 saturated heterocycles. The van der Waals surface area contributed by atoms with Crippen LogP contribution >= 0.6 is 0 Å². The summed E-state index contributed by atoms with van der Waals surface area (Å²) in [5, 5.41) is 13.4. The summed E-state index contributed by atoms with van der Waals surface area (Å²) in [5.41, 5.74) is 0.692. The number of nitro groups is 1. The molecule has 7 heteroatoms. The summed E-state index contributed by atoms with van der Waals surface area (Å²) >= 11 is 0. The molecule has 0 spiro atoms. The van der Waals surface area contributed by atoms with E-state index in [9.17, 15) is 14.9 Å². The van der Waals surface area contributed by atoms with Gasteiger partial charge in [0.15, 0.2) is 0 Å². The third-order valence-electron chi connectivity index (χ3n) is 2.86. The van der Waals surface area contributed by atoms with Gasteiger partial charge in [0.2, 0.25) is 0 Å². The molecule has 1 N–H and O–H groups in total. The second-order valence-electron chi connectivity index (χ2n) is 4.36. The smallest absolute Gasteiger partial charge is 0.287 e. The quantitative estimate of drug-likeness (QED) is 0.677. The molecule has 2 rings (SSSR count). The van der Waals surface area contributed by atoms with E-state index >= 15 is 0 Å². The van der Waals surface area contributed by atoms with Crippen LogP contribution in [-0.2, 0) is 7.05 Å². The monoisotopic (exact) mass is 289 g/mol. The zero-order valence-corrected chi connectivity index (χ0v) is 11.7. The fourth-order valence-corrected chi connectivity index (χ4v) is 1.87. The predicted molar refractivity (Wildman–Crippen MR) is 77.6 cm³/mol. The van der Waals surface area contributed by atoms with E-state index in [1.165, 1.54) is 16.8 Å². The number of amides is 1. The standard InChI is InChI=1S/C14H15N3O4/c1-3-21-12-6-4-10(5-7-12)15-14(18)13-8-11(17(19)20)9-16(13)2/h4-9H,3H2,1-2H3,(H,15,18). The molecule has 1 aromatic heterocycles. The predicted octanol–water partition coefficient (Wildman–Crippen LogP) is 2.58. The summed E-state index contributed by atoms with van der Waals surface area (Å²) in [6.07, 6.45) is 1.30. The first kappa shape index (κ1) is 14.6. The van der Waals surface area contributed by atoms with E-state index in [4.69, 9.17) is 4.74 Å². The molecule has 21 heavy (non-hydrogen) atoms. The maximum absolute atomic E-state index is 12.1. The van der Waals surface area contributed by atoms with Crippen molar-refractivity contribution in [1.82, 2.24) is 4.57 Å². The highest BCUT2D eigenvalue weighted by molar-refractivity contribution is 6.03. The number of nitrogens with one attached hydrogen (secondary N) is 1. The lowest BCUT2D eigenvalue weighted by atomic mass is 10.3. The Kier molecular flexibility index (Phi) is 4.22. The number of carbonyl (C=O) groups is 1. The zero-order valence-electron chi connectivity index (χ0n) is 11.7. The zero-order chi connectivity index (χ0) is 15.4. The third kappa shape index (κ3) is 3.38. The Morgan fingerprint density at radius 3 is 2.57 bits per heavy atom. The average Bonchev–Trinajstić information content (AvgIpc) is 2.84. The van der Waals surface area contributed by atoms with Crippen LogP contribution in [0, 0.1) is 10.1 Å². The number of rotatable bonds is 5. The summed E-state index contributed by atoms with van der Waals surface area (Å²) in [6, 6.07) is 8.14. The van der Waals surface area contributed by atoms with Gasteiger partial charge in [-0.15, -0.1) is 0 Å². The Labute approximate surface area is 121 Å². The molecule has 0 aliphatic carbocycles.